The summed E-state index contributed by atoms with van der Waals surface area (Å²) in [6, 6.07) is 0. The van der Waals surface area contributed by atoms with Crippen LogP contribution in [0, 0.1) is 35.5 Å². The molecule has 1 N–H and O–H groups in total. The highest BCUT2D eigenvalue weighted by atomic mass is 16.5. The molecule has 1 aliphatic heterocycles. The van der Waals surface area contributed by atoms with Crippen molar-refractivity contribution in [3.63, 3.8) is 0 Å². The van der Waals surface area contributed by atoms with Crippen molar-refractivity contribution in [2.24, 2.45) is 35.5 Å². The predicted octanol–water partition coefficient (Wildman–Crippen LogP) is 2.14. The van der Waals surface area contributed by atoms with E-state index in [9.17, 15) is 4.79 Å². The minimum atomic E-state index is 0.332. The second-order valence-electron chi connectivity index (χ2n) is 8.72. The third-order valence-electron chi connectivity index (χ3n) is 6.83. The lowest BCUT2D eigenvalue weighted by Gasteiger charge is -2.53. The molecule has 23 heavy (non-hydrogen) atoms. The van der Waals surface area contributed by atoms with Crippen LogP contribution in [0.4, 0.5) is 0 Å². The largest absolute Gasteiger partial charge is 0.379 e. The van der Waals surface area contributed by atoms with Gasteiger partial charge in [-0.2, -0.15) is 0 Å². The third-order valence-corrected chi connectivity index (χ3v) is 6.83. The van der Waals surface area contributed by atoms with Crippen LogP contribution in [0.5, 0.6) is 0 Å². The first-order valence-electron chi connectivity index (χ1n) is 9.77. The smallest absolute Gasteiger partial charge is 0.223 e. The molecular formula is C19H32N2O2. The van der Waals surface area contributed by atoms with Gasteiger partial charge in [-0.15, -0.1) is 0 Å². The first-order chi connectivity index (χ1) is 11.2. The molecule has 5 fully saturated rings. The molecule has 1 atom stereocenters. The maximum atomic E-state index is 12.8. The molecular weight excluding hydrogens is 288 g/mol. The van der Waals surface area contributed by atoms with Gasteiger partial charge in [-0.1, -0.05) is 6.92 Å². The highest BCUT2D eigenvalue weighted by molar-refractivity contribution is 5.79. The van der Waals surface area contributed by atoms with Gasteiger partial charge in [0.25, 0.3) is 0 Å². The molecule has 1 heterocycles. The molecule has 1 unspecified atom stereocenters. The third kappa shape index (κ3) is 3.43. The minimum Gasteiger partial charge on any atom is -0.379 e. The van der Waals surface area contributed by atoms with Crippen molar-refractivity contribution < 1.29 is 9.53 Å². The van der Waals surface area contributed by atoms with Crippen LogP contribution >= 0.6 is 0 Å². The summed E-state index contributed by atoms with van der Waals surface area (Å²) in [5.74, 6) is 4.50. The van der Waals surface area contributed by atoms with Crippen molar-refractivity contribution in [1.82, 2.24) is 10.2 Å². The predicted molar refractivity (Wildman–Crippen MR) is 90.0 cm³/mol. The van der Waals surface area contributed by atoms with E-state index < -0.39 is 0 Å². The van der Waals surface area contributed by atoms with Gasteiger partial charge in [0.1, 0.15) is 0 Å². The maximum Gasteiger partial charge on any atom is 0.223 e. The number of nitrogens with one attached hydrogen (secondary N) is 1. The van der Waals surface area contributed by atoms with Crippen LogP contribution in [0.25, 0.3) is 0 Å². The Bertz CT molecular complexity index is 405. The van der Waals surface area contributed by atoms with Crippen molar-refractivity contribution in [3.05, 3.63) is 0 Å². The average molecular weight is 320 g/mol. The second kappa shape index (κ2) is 6.72. The fraction of sp³-hybridized carbons (Fsp3) is 0.947. The van der Waals surface area contributed by atoms with Crippen LogP contribution in [-0.4, -0.2) is 50.2 Å². The Hall–Kier alpha value is -0.610. The lowest BCUT2D eigenvalue weighted by atomic mass is 9.51. The van der Waals surface area contributed by atoms with Crippen LogP contribution in [0.1, 0.15) is 39.0 Å². The van der Waals surface area contributed by atoms with Crippen LogP contribution in [0.15, 0.2) is 0 Å². The van der Waals surface area contributed by atoms with Crippen LogP contribution in [0.3, 0.4) is 0 Å². The van der Waals surface area contributed by atoms with E-state index in [2.05, 4.69) is 17.1 Å². The van der Waals surface area contributed by atoms with Gasteiger partial charge in [0.2, 0.25) is 5.91 Å². The molecule has 0 aromatic carbocycles. The van der Waals surface area contributed by atoms with Crippen molar-refractivity contribution in [3.8, 4) is 0 Å². The standard InChI is InChI=1S/C19H32N2O2/c1-13(12-21-2-4-23-5-3-21)11-20-19(22)18-16-7-14-6-15(9-16)10-17(18)8-14/h13-18H,2-12H2,1H3,(H,20,22). The molecule has 0 spiro atoms. The molecule has 0 aromatic rings. The first kappa shape index (κ1) is 15.9. The number of nitrogens with zero attached hydrogens (tertiary/aromatic N) is 1. The molecule has 5 rings (SSSR count). The topological polar surface area (TPSA) is 41.6 Å². The number of rotatable bonds is 5. The van der Waals surface area contributed by atoms with E-state index in [4.69, 9.17) is 4.74 Å². The number of amides is 1. The van der Waals surface area contributed by atoms with Gasteiger partial charge in [0.05, 0.1) is 13.2 Å². The van der Waals surface area contributed by atoms with Gasteiger partial charge in [-0.25, -0.2) is 0 Å². The monoisotopic (exact) mass is 320 g/mol. The summed E-state index contributed by atoms with van der Waals surface area (Å²) in [7, 11) is 0. The number of morpholine rings is 1. The molecule has 0 aromatic heterocycles. The molecule has 4 nitrogen and oxygen atoms in total. The Kier molecular flexibility index (Phi) is 4.64. The van der Waals surface area contributed by atoms with E-state index in [0.29, 0.717) is 29.6 Å². The Balaban J connectivity index is 1.25. The fourth-order valence-electron chi connectivity index (χ4n) is 6.04. The van der Waals surface area contributed by atoms with Gasteiger partial charge in [-0.3, -0.25) is 9.69 Å². The summed E-state index contributed by atoms with van der Waals surface area (Å²) in [5.41, 5.74) is 0. The fourth-order valence-corrected chi connectivity index (χ4v) is 6.04. The Labute approximate surface area is 140 Å². The lowest BCUT2D eigenvalue weighted by molar-refractivity contribution is -0.138. The van der Waals surface area contributed by atoms with Crippen LogP contribution in [0.2, 0.25) is 0 Å². The quantitative estimate of drug-likeness (QED) is 0.844. The number of carbonyl (C=O) groups excluding carboxylic acids is 1. The molecule has 4 bridgehead atoms. The Morgan fingerprint density at radius 1 is 1.09 bits per heavy atom. The van der Waals surface area contributed by atoms with Crippen molar-refractivity contribution in [1.29, 1.82) is 0 Å². The molecule has 1 saturated heterocycles. The maximum absolute atomic E-state index is 12.8. The van der Waals surface area contributed by atoms with Gasteiger partial charge < -0.3 is 10.1 Å². The normalized spacial score (nSPS) is 41.0. The van der Waals surface area contributed by atoms with Crippen LogP contribution in [-0.2, 0) is 9.53 Å². The zero-order valence-corrected chi connectivity index (χ0v) is 14.5. The van der Waals surface area contributed by atoms with Gasteiger partial charge in [0, 0.05) is 32.1 Å². The van der Waals surface area contributed by atoms with E-state index in [0.717, 1.165) is 51.2 Å². The van der Waals surface area contributed by atoms with Gasteiger partial charge in [-0.05, 0) is 61.7 Å². The van der Waals surface area contributed by atoms with E-state index in [-0.39, 0.29) is 0 Å². The Morgan fingerprint density at radius 2 is 1.70 bits per heavy atom. The summed E-state index contributed by atoms with van der Waals surface area (Å²) >= 11 is 0. The van der Waals surface area contributed by atoms with E-state index in [1.807, 2.05) is 0 Å². The molecule has 4 heteroatoms. The second-order valence-corrected chi connectivity index (χ2v) is 8.72. The summed E-state index contributed by atoms with van der Waals surface area (Å²) in [6.45, 7) is 7.94. The molecule has 5 aliphatic rings. The minimum absolute atomic E-state index is 0.332. The Morgan fingerprint density at radius 3 is 2.30 bits per heavy atom. The molecule has 4 saturated carbocycles. The highest BCUT2D eigenvalue weighted by Crippen LogP contribution is 2.56. The van der Waals surface area contributed by atoms with E-state index >= 15 is 0 Å². The summed E-state index contributed by atoms with van der Waals surface area (Å²) in [6.07, 6.45) is 6.77. The van der Waals surface area contributed by atoms with Crippen molar-refractivity contribution >= 4 is 5.91 Å². The molecule has 0 radical (unpaired) electrons. The lowest BCUT2D eigenvalue weighted by Crippen LogP contribution is -2.51. The first-order valence-corrected chi connectivity index (χ1v) is 9.77. The molecule has 1 amide bonds. The summed E-state index contributed by atoms with van der Waals surface area (Å²) < 4.78 is 5.40. The van der Waals surface area contributed by atoms with Crippen molar-refractivity contribution in [2.75, 3.05) is 39.4 Å². The van der Waals surface area contributed by atoms with Gasteiger partial charge in [0.15, 0.2) is 0 Å². The van der Waals surface area contributed by atoms with E-state index in [1.165, 1.54) is 32.1 Å². The average Bonchev–Trinajstić information content (AvgIpc) is 2.53. The number of hydrogen-bond donors (Lipinski definition) is 1. The number of carbonyl (C=O) groups is 1. The van der Waals surface area contributed by atoms with E-state index in [1.54, 1.807) is 0 Å². The van der Waals surface area contributed by atoms with Crippen molar-refractivity contribution in [2.45, 2.75) is 39.0 Å². The van der Waals surface area contributed by atoms with Crippen LogP contribution < -0.4 is 5.32 Å². The highest BCUT2D eigenvalue weighted by Gasteiger charge is 2.50. The summed E-state index contributed by atoms with van der Waals surface area (Å²) in [5, 5.41) is 3.30. The number of hydrogen-bond acceptors (Lipinski definition) is 3. The zero-order chi connectivity index (χ0) is 15.8. The molecule has 130 valence electrons. The number of ether oxygens (including phenoxy) is 1. The van der Waals surface area contributed by atoms with Gasteiger partial charge >= 0.3 is 0 Å². The summed E-state index contributed by atoms with van der Waals surface area (Å²) in [4.78, 5) is 15.2. The SMILES string of the molecule is CC(CNC(=O)C1C2CC3CC(C2)CC1C3)CN1CCOCC1. The zero-order valence-electron chi connectivity index (χ0n) is 14.5. The molecule has 4 aliphatic carbocycles.